The quantitative estimate of drug-likeness (QED) is 0.861. The van der Waals surface area contributed by atoms with Gasteiger partial charge in [0.2, 0.25) is 0 Å². The number of aromatic hydroxyl groups is 1. The van der Waals surface area contributed by atoms with E-state index < -0.39 is 9.84 Å². The molecule has 0 bridgehead atoms. The molecule has 104 valence electrons. The molecule has 4 nitrogen and oxygen atoms in total. The molecule has 1 aliphatic heterocycles. The van der Waals surface area contributed by atoms with Crippen LogP contribution in [-0.4, -0.2) is 37.3 Å². The van der Waals surface area contributed by atoms with Crippen molar-refractivity contribution < 1.29 is 13.5 Å². The summed E-state index contributed by atoms with van der Waals surface area (Å²) in [6.45, 7) is 0. The van der Waals surface area contributed by atoms with Crippen molar-refractivity contribution in [3.8, 4) is 5.75 Å². The first-order valence-electron chi connectivity index (χ1n) is 6.49. The molecule has 0 amide bonds. The number of rotatable bonds is 2. The maximum absolute atomic E-state index is 11.4. The minimum atomic E-state index is -2.93. The van der Waals surface area contributed by atoms with E-state index in [1.165, 1.54) is 0 Å². The van der Waals surface area contributed by atoms with Gasteiger partial charge in [-0.25, -0.2) is 8.42 Å². The Hall–Kier alpha value is -1.88. The lowest BCUT2D eigenvalue weighted by Gasteiger charge is -2.06. The number of aliphatic imine (C=N–C) groups is 1. The van der Waals surface area contributed by atoms with Crippen LogP contribution in [-0.2, 0) is 9.84 Å². The van der Waals surface area contributed by atoms with Gasteiger partial charge in [-0.15, -0.1) is 0 Å². The van der Waals surface area contributed by atoms with Crippen LogP contribution in [0.15, 0.2) is 41.4 Å². The number of fused-ring (bicyclic) bond motifs is 1. The Morgan fingerprint density at radius 3 is 2.75 bits per heavy atom. The summed E-state index contributed by atoms with van der Waals surface area (Å²) in [5.41, 5.74) is 0.646. The van der Waals surface area contributed by atoms with Crippen LogP contribution in [0.5, 0.6) is 5.75 Å². The average molecular weight is 289 g/mol. The number of sulfone groups is 1. The molecular weight excluding hydrogens is 274 g/mol. The molecule has 0 spiro atoms. The molecule has 1 N–H and O–H groups in total. The number of nitrogens with zero attached hydrogens (tertiary/aromatic N) is 1. The van der Waals surface area contributed by atoms with Gasteiger partial charge in [-0.05, 0) is 23.3 Å². The first kappa shape index (κ1) is 13.1. The monoisotopic (exact) mass is 289 g/mol. The minimum absolute atomic E-state index is 0.106. The zero-order valence-corrected chi connectivity index (χ0v) is 11.7. The summed E-state index contributed by atoms with van der Waals surface area (Å²) in [5, 5.41) is 11.9. The van der Waals surface area contributed by atoms with E-state index in [9.17, 15) is 13.5 Å². The van der Waals surface area contributed by atoms with Crippen LogP contribution in [0.2, 0.25) is 0 Å². The molecule has 20 heavy (non-hydrogen) atoms. The number of phenols is 1. The lowest BCUT2D eigenvalue weighted by atomic mass is 10.0. The third-order valence-corrected chi connectivity index (χ3v) is 5.32. The first-order chi connectivity index (χ1) is 9.55. The highest BCUT2D eigenvalue weighted by Crippen LogP contribution is 2.26. The van der Waals surface area contributed by atoms with Gasteiger partial charge in [-0.1, -0.05) is 30.3 Å². The standard InChI is InChI=1S/C15H15NO3S/c17-15-6-5-11-3-1-2-4-13(11)14(15)9-16-12-7-8-20(18,19)10-12/h1-6,9,12,17H,7-8,10H2/t12-/m1/s1. The predicted molar refractivity (Wildman–Crippen MR) is 80.3 cm³/mol. The fourth-order valence-electron chi connectivity index (χ4n) is 2.49. The van der Waals surface area contributed by atoms with E-state index in [0.29, 0.717) is 12.0 Å². The highest BCUT2D eigenvalue weighted by atomic mass is 32.2. The highest BCUT2D eigenvalue weighted by molar-refractivity contribution is 7.91. The van der Waals surface area contributed by atoms with Gasteiger partial charge in [0, 0.05) is 11.8 Å². The van der Waals surface area contributed by atoms with Crippen LogP contribution >= 0.6 is 0 Å². The van der Waals surface area contributed by atoms with Gasteiger partial charge < -0.3 is 5.11 Å². The van der Waals surface area contributed by atoms with Crippen molar-refractivity contribution in [3.05, 3.63) is 42.0 Å². The summed E-state index contributed by atoms with van der Waals surface area (Å²) in [5.74, 6) is 0.472. The van der Waals surface area contributed by atoms with Crippen LogP contribution < -0.4 is 0 Å². The Morgan fingerprint density at radius 2 is 2.00 bits per heavy atom. The molecule has 1 heterocycles. The van der Waals surface area contributed by atoms with Crippen LogP contribution in [0.4, 0.5) is 0 Å². The number of phenolic OH excluding ortho intramolecular Hbond substituents is 1. The van der Waals surface area contributed by atoms with Gasteiger partial charge in [0.25, 0.3) is 0 Å². The molecular formula is C15H15NO3S. The Balaban J connectivity index is 1.97. The van der Waals surface area contributed by atoms with Crippen molar-refractivity contribution in [2.24, 2.45) is 4.99 Å². The zero-order valence-electron chi connectivity index (χ0n) is 10.9. The summed E-state index contributed by atoms with van der Waals surface area (Å²) in [6.07, 6.45) is 2.16. The van der Waals surface area contributed by atoms with E-state index in [1.807, 2.05) is 30.3 Å². The van der Waals surface area contributed by atoms with E-state index in [2.05, 4.69) is 4.99 Å². The minimum Gasteiger partial charge on any atom is -0.507 e. The largest absolute Gasteiger partial charge is 0.507 e. The molecule has 1 atom stereocenters. The molecule has 0 saturated carbocycles. The van der Waals surface area contributed by atoms with E-state index in [4.69, 9.17) is 0 Å². The average Bonchev–Trinajstić information content (AvgIpc) is 2.77. The van der Waals surface area contributed by atoms with Crippen molar-refractivity contribution in [1.82, 2.24) is 0 Å². The summed E-state index contributed by atoms with van der Waals surface area (Å²) in [7, 11) is -2.93. The van der Waals surface area contributed by atoms with Crippen LogP contribution in [0.1, 0.15) is 12.0 Å². The lowest BCUT2D eigenvalue weighted by Crippen LogP contribution is -2.07. The molecule has 0 aromatic heterocycles. The third-order valence-electron chi connectivity index (χ3n) is 3.57. The third kappa shape index (κ3) is 2.54. The van der Waals surface area contributed by atoms with Gasteiger partial charge in [0.1, 0.15) is 5.75 Å². The molecule has 0 aliphatic carbocycles. The summed E-state index contributed by atoms with van der Waals surface area (Å²) >= 11 is 0. The molecule has 0 unspecified atom stereocenters. The maximum Gasteiger partial charge on any atom is 0.152 e. The van der Waals surface area contributed by atoms with Gasteiger partial charge >= 0.3 is 0 Å². The topological polar surface area (TPSA) is 66.7 Å². The summed E-state index contributed by atoms with van der Waals surface area (Å²) < 4.78 is 22.8. The van der Waals surface area contributed by atoms with Crippen molar-refractivity contribution >= 4 is 26.8 Å². The van der Waals surface area contributed by atoms with Crippen LogP contribution in [0.25, 0.3) is 10.8 Å². The normalized spacial score (nSPS) is 21.7. The SMILES string of the molecule is O=S1(=O)CC[C@@H](N=Cc2c(O)ccc3ccccc23)C1. The maximum atomic E-state index is 11.4. The number of hydrogen-bond acceptors (Lipinski definition) is 4. The van der Waals surface area contributed by atoms with Crippen LogP contribution in [0, 0.1) is 0 Å². The Labute approximate surface area is 117 Å². The van der Waals surface area contributed by atoms with Gasteiger partial charge in [-0.3, -0.25) is 4.99 Å². The summed E-state index contributed by atoms with van der Waals surface area (Å²) in [6, 6.07) is 11.0. The Kier molecular flexibility index (Phi) is 3.22. The predicted octanol–water partition coefficient (Wildman–Crippen LogP) is 2.15. The smallest absolute Gasteiger partial charge is 0.152 e. The molecule has 0 radical (unpaired) electrons. The second-order valence-corrected chi connectivity index (χ2v) is 7.28. The van der Waals surface area contributed by atoms with Crippen molar-refractivity contribution in [2.45, 2.75) is 12.5 Å². The van der Waals surface area contributed by atoms with Crippen LogP contribution in [0.3, 0.4) is 0 Å². The zero-order chi connectivity index (χ0) is 14.2. The van der Waals surface area contributed by atoms with Crippen molar-refractivity contribution in [3.63, 3.8) is 0 Å². The number of benzene rings is 2. The molecule has 2 aromatic rings. The van der Waals surface area contributed by atoms with E-state index in [-0.39, 0.29) is 23.3 Å². The van der Waals surface area contributed by atoms with E-state index in [0.717, 1.165) is 10.8 Å². The first-order valence-corrected chi connectivity index (χ1v) is 8.32. The number of hydrogen-bond donors (Lipinski definition) is 1. The lowest BCUT2D eigenvalue weighted by molar-refractivity contribution is 0.475. The Bertz CT molecular complexity index is 781. The molecule has 1 saturated heterocycles. The Morgan fingerprint density at radius 1 is 1.20 bits per heavy atom. The second-order valence-electron chi connectivity index (χ2n) is 5.05. The summed E-state index contributed by atoms with van der Waals surface area (Å²) in [4.78, 5) is 4.34. The van der Waals surface area contributed by atoms with Gasteiger partial charge in [-0.2, -0.15) is 0 Å². The van der Waals surface area contributed by atoms with Gasteiger partial charge in [0.05, 0.1) is 17.5 Å². The van der Waals surface area contributed by atoms with E-state index in [1.54, 1.807) is 12.3 Å². The molecule has 5 heteroatoms. The van der Waals surface area contributed by atoms with Crippen molar-refractivity contribution in [1.29, 1.82) is 0 Å². The van der Waals surface area contributed by atoms with E-state index >= 15 is 0 Å². The molecule has 1 fully saturated rings. The second kappa shape index (κ2) is 4.90. The fraction of sp³-hybridized carbons (Fsp3) is 0.267. The molecule has 1 aliphatic rings. The molecule has 3 rings (SSSR count). The van der Waals surface area contributed by atoms with Crippen molar-refractivity contribution in [2.75, 3.05) is 11.5 Å². The fourth-order valence-corrected chi connectivity index (χ4v) is 4.13. The highest BCUT2D eigenvalue weighted by Gasteiger charge is 2.26. The molecule has 2 aromatic carbocycles. The van der Waals surface area contributed by atoms with Gasteiger partial charge in [0.15, 0.2) is 9.84 Å².